The minimum absolute atomic E-state index is 0.130. The number of rotatable bonds is 2. The van der Waals surface area contributed by atoms with Gasteiger partial charge in [0.25, 0.3) is 0 Å². The molecule has 0 spiro atoms. The van der Waals surface area contributed by atoms with E-state index in [2.05, 4.69) is 9.97 Å². The number of hydrogen-bond donors (Lipinski definition) is 1. The lowest BCUT2D eigenvalue weighted by molar-refractivity contribution is 0.0292. The Bertz CT molecular complexity index is 787. The van der Waals surface area contributed by atoms with E-state index < -0.39 is 5.60 Å². The van der Waals surface area contributed by atoms with E-state index in [0.717, 1.165) is 17.5 Å². The summed E-state index contributed by atoms with van der Waals surface area (Å²) in [6.45, 7) is 6.85. The van der Waals surface area contributed by atoms with E-state index in [0.29, 0.717) is 24.7 Å². The number of nitrogens with zero attached hydrogens (tertiary/aromatic N) is 4. The fourth-order valence-corrected chi connectivity index (χ4v) is 2.99. The average Bonchev–Trinajstić information content (AvgIpc) is 3.02. The summed E-state index contributed by atoms with van der Waals surface area (Å²) < 4.78 is 5.45. The van der Waals surface area contributed by atoms with Crippen LogP contribution < -0.4 is 10.6 Å². The molecule has 3 rings (SSSR count). The minimum atomic E-state index is -0.491. The van der Waals surface area contributed by atoms with Crippen LogP contribution in [0.1, 0.15) is 27.2 Å². The highest BCUT2D eigenvalue weighted by atomic mass is 16.6. The fourth-order valence-electron chi connectivity index (χ4n) is 2.99. The first-order valence-corrected chi connectivity index (χ1v) is 8.47. The van der Waals surface area contributed by atoms with Crippen molar-refractivity contribution in [3.8, 4) is 0 Å². The third kappa shape index (κ3) is 3.75. The normalized spacial score (nSPS) is 17.8. The van der Waals surface area contributed by atoms with Crippen LogP contribution in [0.3, 0.4) is 0 Å². The zero-order valence-corrected chi connectivity index (χ0v) is 15.2. The summed E-state index contributed by atoms with van der Waals surface area (Å²) in [5, 5.41) is 0. The van der Waals surface area contributed by atoms with E-state index in [4.69, 9.17) is 10.5 Å². The van der Waals surface area contributed by atoms with Crippen LogP contribution in [0, 0.1) is 0 Å². The number of fused-ring (bicyclic) bond motifs is 1. The van der Waals surface area contributed by atoms with E-state index in [9.17, 15) is 4.79 Å². The molecule has 0 radical (unpaired) electrons. The first kappa shape index (κ1) is 17.3. The number of likely N-dealkylation sites (N-methyl/N-ethyl adjacent to an activating group) is 1. The molecule has 1 aromatic heterocycles. The van der Waals surface area contributed by atoms with E-state index in [1.165, 1.54) is 0 Å². The van der Waals surface area contributed by atoms with E-state index in [-0.39, 0.29) is 12.1 Å². The highest BCUT2D eigenvalue weighted by Crippen LogP contribution is 2.26. The van der Waals surface area contributed by atoms with E-state index in [1.54, 1.807) is 4.90 Å². The van der Waals surface area contributed by atoms with Crippen LogP contribution in [-0.2, 0) is 4.74 Å². The van der Waals surface area contributed by atoms with Gasteiger partial charge in [-0.25, -0.2) is 14.8 Å². The lowest BCUT2D eigenvalue weighted by atomic mass is 10.2. The van der Waals surface area contributed by atoms with Crippen molar-refractivity contribution in [3.63, 3.8) is 0 Å². The van der Waals surface area contributed by atoms with Gasteiger partial charge in [-0.15, -0.1) is 0 Å². The van der Waals surface area contributed by atoms with Gasteiger partial charge in [-0.1, -0.05) is 12.1 Å². The van der Waals surface area contributed by atoms with Crippen LogP contribution in [0.5, 0.6) is 0 Å². The molecule has 2 heterocycles. The maximum Gasteiger partial charge on any atom is 0.410 e. The molecule has 7 nitrogen and oxygen atoms in total. The molecule has 0 saturated carbocycles. The number of amides is 1. The van der Waals surface area contributed by atoms with Crippen molar-refractivity contribution in [2.24, 2.45) is 0 Å². The topological polar surface area (TPSA) is 84.6 Å². The predicted molar refractivity (Wildman–Crippen MR) is 98.6 cm³/mol. The number of carbonyl (C=O) groups is 1. The first-order chi connectivity index (χ1) is 11.7. The van der Waals surface area contributed by atoms with Gasteiger partial charge in [-0.2, -0.15) is 0 Å². The Balaban J connectivity index is 1.75. The molecule has 1 aliphatic rings. The highest BCUT2D eigenvalue weighted by molar-refractivity contribution is 5.79. The summed E-state index contributed by atoms with van der Waals surface area (Å²) in [5.41, 5.74) is 7.20. The maximum atomic E-state index is 12.2. The second kappa shape index (κ2) is 6.38. The number of para-hydroxylation sites is 2. The number of benzene rings is 1. The first-order valence-electron chi connectivity index (χ1n) is 8.47. The Morgan fingerprint density at radius 3 is 2.56 bits per heavy atom. The minimum Gasteiger partial charge on any atom is -0.444 e. The van der Waals surface area contributed by atoms with Crippen molar-refractivity contribution in [1.29, 1.82) is 0 Å². The quantitative estimate of drug-likeness (QED) is 0.902. The molecule has 2 N–H and O–H groups in total. The molecule has 0 aliphatic carbocycles. The van der Waals surface area contributed by atoms with Crippen molar-refractivity contribution in [2.45, 2.75) is 38.8 Å². The van der Waals surface area contributed by atoms with Crippen molar-refractivity contribution in [1.82, 2.24) is 14.9 Å². The number of hydrogen-bond acceptors (Lipinski definition) is 6. The van der Waals surface area contributed by atoms with Gasteiger partial charge in [0, 0.05) is 26.2 Å². The van der Waals surface area contributed by atoms with Crippen LogP contribution in [-0.4, -0.2) is 52.7 Å². The second-order valence-corrected chi connectivity index (χ2v) is 7.40. The van der Waals surface area contributed by atoms with Crippen molar-refractivity contribution in [2.75, 3.05) is 30.8 Å². The van der Waals surface area contributed by atoms with Crippen LogP contribution >= 0.6 is 0 Å². The number of ether oxygens (including phenoxy) is 1. The molecule has 1 saturated heterocycles. The number of likely N-dealkylation sites (tertiary alicyclic amines) is 1. The van der Waals surface area contributed by atoms with Gasteiger partial charge < -0.3 is 20.3 Å². The molecule has 0 bridgehead atoms. The van der Waals surface area contributed by atoms with Crippen LogP contribution in [0.2, 0.25) is 0 Å². The summed E-state index contributed by atoms with van der Waals surface area (Å²) in [6.07, 6.45) is 0.560. The molecule has 1 fully saturated rings. The third-order valence-electron chi connectivity index (χ3n) is 4.27. The van der Waals surface area contributed by atoms with Gasteiger partial charge in [0.2, 0.25) is 0 Å². The summed E-state index contributed by atoms with van der Waals surface area (Å²) in [7, 11) is 1.94. The summed E-state index contributed by atoms with van der Waals surface area (Å²) in [4.78, 5) is 25.1. The SMILES string of the molecule is CN(c1nc2ccccc2nc1N)C1CCN(C(=O)OC(C)(C)C)C1. The Morgan fingerprint density at radius 1 is 1.28 bits per heavy atom. The molecule has 1 atom stereocenters. The Morgan fingerprint density at radius 2 is 1.92 bits per heavy atom. The van der Waals surface area contributed by atoms with Gasteiger partial charge in [0.15, 0.2) is 11.6 Å². The highest BCUT2D eigenvalue weighted by Gasteiger charge is 2.32. The van der Waals surface area contributed by atoms with Gasteiger partial charge >= 0.3 is 6.09 Å². The number of anilines is 2. The summed E-state index contributed by atoms with van der Waals surface area (Å²) in [6, 6.07) is 7.78. The molecule has 7 heteroatoms. The Labute approximate surface area is 147 Å². The molecular formula is C18H25N5O2. The van der Waals surface area contributed by atoms with Crippen molar-refractivity contribution in [3.05, 3.63) is 24.3 Å². The Kier molecular flexibility index (Phi) is 4.41. The average molecular weight is 343 g/mol. The largest absolute Gasteiger partial charge is 0.444 e. The monoisotopic (exact) mass is 343 g/mol. The van der Waals surface area contributed by atoms with Crippen LogP contribution in [0.4, 0.5) is 16.4 Å². The molecule has 1 aliphatic heterocycles. The predicted octanol–water partition coefficient (Wildman–Crippen LogP) is 2.66. The molecule has 25 heavy (non-hydrogen) atoms. The molecule has 1 amide bonds. The molecule has 1 unspecified atom stereocenters. The van der Waals surface area contributed by atoms with Crippen LogP contribution in [0.15, 0.2) is 24.3 Å². The number of nitrogen functional groups attached to an aromatic ring is 1. The Hall–Kier alpha value is -2.57. The lowest BCUT2D eigenvalue weighted by Crippen LogP contribution is -2.39. The number of carbonyl (C=O) groups excluding carboxylic acids is 1. The van der Waals surface area contributed by atoms with Crippen molar-refractivity contribution < 1.29 is 9.53 Å². The zero-order chi connectivity index (χ0) is 18.2. The standard InChI is InChI=1S/C18H25N5O2/c1-18(2,3)25-17(24)23-10-9-12(11-23)22(4)16-15(19)20-13-7-5-6-8-14(13)21-16/h5-8,12H,9-11H2,1-4H3,(H2,19,20). The summed E-state index contributed by atoms with van der Waals surface area (Å²) in [5.74, 6) is 1.05. The molecule has 1 aromatic carbocycles. The molecule has 134 valence electrons. The van der Waals surface area contributed by atoms with E-state index in [1.807, 2.05) is 57.0 Å². The molecular weight excluding hydrogens is 318 g/mol. The second-order valence-electron chi connectivity index (χ2n) is 7.40. The van der Waals surface area contributed by atoms with Gasteiger partial charge in [0.05, 0.1) is 11.0 Å². The molecule has 2 aromatic rings. The lowest BCUT2D eigenvalue weighted by Gasteiger charge is -2.27. The van der Waals surface area contributed by atoms with E-state index >= 15 is 0 Å². The van der Waals surface area contributed by atoms with Gasteiger partial charge in [-0.3, -0.25) is 0 Å². The fraction of sp³-hybridized carbons (Fsp3) is 0.500. The number of aromatic nitrogens is 2. The third-order valence-corrected chi connectivity index (χ3v) is 4.27. The van der Waals surface area contributed by atoms with Gasteiger partial charge in [0.1, 0.15) is 5.60 Å². The zero-order valence-electron chi connectivity index (χ0n) is 15.2. The number of nitrogens with two attached hydrogens (primary N) is 1. The van der Waals surface area contributed by atoms with Gasteiger partial charge in [-0.05, 0) is 39.3 Å². The maximum absolute atomic E-state index is 12.2. The van der Waals surface area contributed by atoms with Crippen molar-refractivity contribution >= 4 is 28.8 Å². The summed E-state index contributed by atoms with van der Waals surface area (Å²) >= 11 is 0. The van der Waals surface area contributed by atoms with Crippen LogP contribution in [0.25, 0.3) is 11.0 Å². The smallest absolute Gasteiger partial charge is 0.410 e.